The third-order valence-corrected chi connectivity index (χ3v) is 2.95. The quantitative estimate of drug-likeness (QED) is 0.890. The van der Waals surface area contributed by atoms with E-state index < -0.39 is 5.82 Å². The monoisotopic (exact) mass is 296 g/mol. The lowest BCUT2D eigenvalue weighted by atomic mass is 10.2. The number of hydrogen-bond donors (Lipinski definition) is 2. The standard InChI is InChI=1S/C13H14ClFN4O/c1-2-3-11-17-12(19-18-11)13(20)16-7-8-4-5-10(15)9(14)6-8/h4-6H,2-3,7H2,1H3,(H,16,20)(H,17,18,19). The van der Waals surface area contributed by atoms with Crippen molar-refractivity contribution in [3.8, 4) is 0 Å². The van der Waals surface area contributed by atoms with Crippen LogP contribution in [0.15, 0.2) is 18.2 Å². The van der Waals surface area contributed by atoms with E-state index in [1.54, 1.807) is 6.07 Å². The van der Waals surface area contributed by atoms with Gasteiger partial charge in [-0.25, -0.2) is 9.37 Å². The molecule has 2 N–H and O–H groups in total. The maximum atomic E-state index is 13.0. The zero-order valence-corrected chi connectivity index (χ0v) is 11.7. The molecule has 0 radical (unpaired) electrons. The molecule has 7 heteroatoms. The average molecular weight is 297 g/mol. The second-order valence-corrected chi connectivity index (χ2v) is 4.69. The van der Waals surface area contributed by atoms with Crippen LogP contribution < -0.4 is 5.32 Å². The fourth-order valence-corrected chi connectivity index (χ4v) is 1.86. The van der Waals surface area contributed by atoms with Gasteiger partial charge in [-0.3, -0.25) is 9.89 Å². The Morgan fingerprint density at radius 3 is 3.00 bits per heavy atom. The van der Waals surface area contributed by atoms with Crippen molar-refractivity contribution in [2.45, 2.75) is 26.3 Å². The molecule has 1 aromatic carbocycles. The zero-order chi connectivity index (χ0) is 14.5. The van der Waals surface area contributed by atoms with Crippen LogP contribution in [0.25, 0.3) is 0 Å². The fourth-order valence-electron chi connectivity index (χ4n) is 1.66. The minimum Gasteiger partial charge on any atom is -0.345 e. The number of nitrogens with one attached hydrogen (secondary N) is 2. The number of aryl methyl sites for hydroxylation is 1. The van der Waals surface area contributed by atoms with Gasteiger partial charge >= 0.3 is 0 Å². The Kier molecular flexibility index (Phi) is 4.68. The first-order valence-electron chi connectivity index (χ1n) is 6.23. The van der Waals surface area contributed by atoms with Crippen molar-refractivity contribution >= 4 is 17.5 Å². The summed E-state index contributed by atoms with van der Waals surface area (Å²) in [6, 6.07) is 4.29. The highest BCUT2D eigenvalue weighted by atomic mass is 35.5. The second-order valence-electron chi connectivity index (χ2n) is 4.29. The molecular formula is C13H14ClFN4O. The minimum atomic E-state index is -0.486. The molecule has 0 spiro atoms. The van der Waals surface area contributed by atoms with Crippen molar-refractivity contribution in [1.29, 1.82) is 0 Å². The first-order valence-corrected chi connectivity index (χ1v) is 6.61. The van der Waals surface area contributed by atoms with Crippen LogP contribution in [0, 0.1) is 5.82 Å². The van der Waals surface area contributed by atoms with Crippen LogP contribution in [0.4, 0.5) is 4.39 Å². The lowest BCUT2D eigenvalue weighted by molar-refractivity contribution is 0.0941. The summed E-state index contributed by atoms with van der Waals surface area (Å²) in [5.74, 6) is -0.0897. The van der Waals surface area contributed by atoms with E-state index in [9.17, 15) is 9.18 Å². The van der Waals surface area contributed by atoms with Crippen LogP contribution in [0.3, 0.4) is 0 Å². The Labute approximate surface area is 120 Å². The largest absolute Gasteiger partial charge is 0.345 e. The molecule has 5 nitrogen and oxygen atoms in total. The summed E-state index contributed by atoms with van der Waals surface area (Å²) in [5.41, 5.74) is 0.703. The summed E-state index contributed by atoms with van der Waals surface area (Å²) in [7, 11) is 0. The van der Waals surface area contributed by atoms with Crippen molar-refractivity contribution in [2.24, 2.45) is 0 Å². The SMILES string of the molecule is CCCc1nc(C(=O)NCc2ccc(F)c(Cl)c2)n[nH]1. The Bertz CT molecular complexity index is 614. The lowest BCUT2D eigenvalue weighted by Crippen LogP contribution is -2.24. The van der Waals surface area contributed by atoms with Gasteiger partial charge in [-0.2, -0.15) is 0 Å². The predicted molar refractivity (Wildman–Crippen MR) is 73.0 cm³/mol. The van der Waals surface area contributed by atoms with Gasteiger partial charge in [0, 0.05) is 13.0 Å². The smallest absolute Gasteiger partial charge is 0.291 e. The predicted octanol–water partition coefficient (Wildman–Crippen LogP) is 2.48. The number of aromatic nitrogens is 3. The number of H-pyrrole nitrogens is 1. The highest BCUT2D eigenvalue weighted by Gasteiger charge is 2.12. The first kappa shape index (κ1) is 14.5. The first-order chi connectivity index (χ1) is 9.60. The molecule has 106 valence electrons. The highest BCUT2D eigenvalue weighted by Crippen LogP contribution is 2.15. The summed E-state index contributed by atoms with van der Waals surface area (Å²) in [5, 5.41) is 9.23. The summed E-state index contributed by atoms with van der Waals surface area (Å²) in [6.45, 7) is 2.25. The van der Waals surface area contributed by atoms with Gasteiger partial charge < -0.3 is 5.32 Å². The molecule has 1 amide bonds. The Morgan fingerprint density at radius 1 is 1.50 bits per heavy atom. The molecule has 1 aromatic heterocycles. The molecule has 1 heterocycles. The number of rotatable bonds is 5. The number of aromatic amines is 1. The third-order valence-electron chi connectivity index (χ3n) is 2.66. The van der Waals surface area contributed by atoms with E-state index in [-0.39, 0.29) is 23.3 Å². The molecule has 0 fully saturated rings. The van der Waals surface area contributed by atoms with Gasteiger partial charge in [0.2, 0.25) is 5.82 Å². The number of carbonyl (C=O) groups excluding carboxylic acids is 1. The van der Waals surface area contributed by atoms with Gasteiger partial charge in [-0.15, -0.1) is 5.10 Å². The van der Waals surface area contributed by atoms with E-state index in [0.717, 1.165) is 12.8 Å². The molecular weight excluding hydrogens is 283 g/mol. The third kappa shape index (κ3) is 3.54. The number of halogens is 2. The van der Waals surface area contributed by atoms with Crippen LogP contribution in [-0.2, 0) is 13.0 Å². The van der Waals surface area contributed by atoms with Gasteiger partial charge in [0.15, 0.2) is 0 Å². The van der Waals surface area contributed by atoms with Crippen LogP contribution in [-0.4, -0.2) is 21.1 Å². The van der Waals surface area contributed by atoms with Crippen molar-refractivity contribution in [3.05, 3.63) is 46.3 Å². The van der Waals surface area contributed by atoms with E-state index in [2.05, 4.69) is 20.5 Å². The van der Waals surface area contributed by atoms with Crippen LogP contribution >= 0.6 is 11.6 Å². The second kappa shape index (κ2) is 6.47. The van der Waals surface area contributed by atoms with Gasteiger partial charge in [0.1, 0.15) is 11.6 Å². The normalized spacial score (nSPS) is 10.6. The molecule has 0 aliphatic heterocycles. The molecule has 0 unspecified atom stereocenters. The summed E-state index contributed by atoms with van der Waals surface area (Å²) in [6.07, 6.45) is 1.66. The number of hydrogen-bond acceptors (Lipinski definition) is 3. The maximum Gasteiger partial charge on any atom is 0.291 e. The minimum absolute atomic E-state index is 0.0277. The molecule has 0 atom stereocenters. The van der Waals surface area contributed by atoms with Gasteiger partial charge in [0.05, 0.1) is 5.02 Å². The average Bonchev–Trinajstić information content (AvgIpc) is 2.89. The van der Waals surface area contributed by atoms with Crippen molar-refractivity contribution in [3.63, 3.8) is 0 Å². The van der Waals surface area contributed by atoms with E-state index in [1.807, 2.05) is 6.92 Å². The Balaban J connectivity index is 1.95. The molecule has 2 rings (SSSR count). The van der Waals surface area contributed by atoms with Gasteiger partial charge in [0.25, 0.3) is 5.91 Å². The van der Waals surface area contributed by atoms with E-state index in [1.165, 1.54) is 12.1 Å². The van der Waals surface area contributed by atoms with E-state index in [0.29, 0.717) is 11.4 Å². The van der Waals surface area contributed by atoms with Gasteiger partial charge in [-0.05, 0) is 24.1 Å². The molecule has 0 aliphatic carbocycles. The molecule has 0 saturated carbocycles. The van der Waals surface area contributed by atoms with Crippen molar-refractivity contribution in [1.82, 2.24) is 20.5 Å². The fraction of sp³-hybridized carbons (Fsp3) is 0.308. The van der Waals surface area contributed by atoms with Crippen molar-refractivity contribution < 1.29 is 9.18 Å². The van der Waals surface area contributed by atoms with E-state index in [4.69, 9.17) is 11.6 Å². The molecule has 0 aliphatic rings. The Morgan fingerprint density at radius 2 is 2.30 bits per heavy atom. The van der Waals surface area contributed by atoms with Gasteiger partial charge in [-0.1, -0.05) is 24.6 Å². The van der Waals surface area contributed by atoms with Crippen LogP contribution in [0.1, 0.15) is 35.4 Å². The molecule has 0 bridgehead atoms. The summed E-state index contributed by atoms with van der Waals surface area (Å²) in [4.78, 5) is 15.9. The number of amides is 1. The van der Waals surface area contributed by atoms with Crippen molar-refractivity contribution in [2.75, 3.05) is 0 Å². The van der Waals surface area contributed by atoms with Crippen LogP contribution in [0.2, 0.25) is 5.02 Å². The summed E-state index contributed by atoms with van der Waals surface area (Å²) < 4.78 is 13.0. The molecule has 2 aromatic rings. The molecule has 20 heavy (non-hydrogen) atoms. The number of carbonyl (C=O) groups is 1. The summed E-state index contributed by atoms with van der Waals surface area (Å²) >= 11 is 5.67. The topological polar surface area (TPSA) is 70.7 Å². The number of nitrogens with zero attached hydrogens (tertiary/aromatic N) is 2. The highest BCUT2D eigenvalue weighted by molar-refractivity contribution is 6.30. The number of benzene rings is 1. The Hall–Kier alpha value is -1.95. The molecule has 0 saturated heterocycles. The maximum absolute atomic E-state index is 13.0. The lowest BCUT2D eigenvalue weighted by Gasteiger charge is -2.03. The van der Waals surface area contributed by atoms with Crippen LogP contribution in [0.5, 0.6) is 0 Å². The zero-order valence-electron chi connectivity index (χ0n) is 10.9. The van der Waals surface area contributed by atoms with E-state index >= 15 is 0 Å².